The Balaban J connectivity index is 1.59. The van der Waals surface area contributed by atoms with Gasteiger partial charge >= 0.3 is 5.97 Å². The Morgan fingerprint density at radius 1 is 0.962 bits per heavy atom. The Bertz CT molecular complexity index is 1030. The largest absolute Gasteiger partial charge is 0.460 e. The lowest BCUT2D eigenvalue weighted by Gasteiger charge is -2.08. The van der Waals surface area contributed by atoms with E-state index in [9.17, 15) is 13.2 Å². The summed E-state index contributed by atoms with van der Waals surface area (Å²) in [5, 5.41) is 2.33. The fourth-order valence-corrected chi connectivity index (χ4v) is 3.50. The van der Waals surface area contributed by atoms with Crippen molar-refractivity contribution in [2.24, 2.45) is 0 Å². The molecule has 0 fully saturated rings. The van der Waals surface area contributed by atoms with Crippen molar-refractivity contribution >= 4 is 38.4 Å². The van der Waals surface area contributed by atoms with Gasteiger partial charge in [0, 0.05) is 5.02 Å². The maximum Gasteiger partial charge on any atom is 0.321 e. The SMILES string of the molecule is O=C(CNS(=O)(=O)c1ccc2ccccc2c1)OCc1ccc(Cl)cc1. The van der Waals surface area contributed by atoms with Gasteiger partial charge in [-0.15, -0.1) is 0 Å². The minimum atomic E-state index is -3.80. The average Bonchev–Trinajstić information content (AvgIpc) is 2.65. The van der Waals surface area contributed by atoms with Crippen LogP contribution in [0, 0.1) is 0 Å². The molecule has 0 aromatic heterocycles. The lowest BCUT2D eigenvalue weighted by atomic mass is 10.1. The molecule has 3 aromatic carbocycles. The number of nitrogens with one attached hydrogen (secondary N) is 1. The van der Waals surface area contributed by atoms with Gasteiger partial charge in [-0.2, -0.15) is 4.72 Å². The van der Waals surface area contributed by atoms with Crippen LogP contribution in [0.5, 0.6) is 0 Å². The molecule has 0 amide bonds. The van der Waals surface area contributed by atoms with Crippen LogP contribution in [0.2, 0.25) is 5.02 Å². The first kappa shape index (κ1) is 18.4. The number of hydrogen-bond acceptors (Lipinski definition) is 4. The zero-order valence-corrected chi connectivity index (χ0v) is 15.3. The van der Waals surface area contributed by atoms with Gasteiger partial charge in [0.15, 0.2) is 0 Å². The number of hydrogen-bond donors (Lipinski definition) is 1. The molecule has 0 aliphatic heterocycles. The monoisotopic (exact) mass is 389 g/mol. The van der Waals surface area contributed by atoms with E-state index in [4.69, 9.17) is 16.3 Å². The van der Waals surface area contributed by atoms with E-state index in [1.807, 2.05) is 24.3 Å². The first-order chi connectivity index (χ1) is 12.4. The quantitative estimate of drug-likeness (QED) is 0.655. The molecule has 0 saturated heterocycles. The van der Waals surface area contributed by atoms with Gasteiger partial charge in [0.05, 0.1) is 4.90 Å². The van der Waals surface area contributed by atoms with E-state index in [2.05, 4.69) is 4.72 Å². The van der Waals surface area contributed by atoms with Crippen molar-refractivity contribution in [2.75, 3.05) is 6.54 Å². The summed E-state index contributed by atoms with van der Waals surface area (Å²) in [4.78, 5) is 11.9. The molecular weight excluding hydrogens is 374 g/mol. The van der Waals surface area contributed by atoms with Gasteiger partial charge in [-0.1, -0.05) is 54.1 Å². The number of rotatable bonds is 6. The molecule has 5 nitrogen and oxygen atoms in total. The highest BCUT2D eigenvalue weighted by Gasteiger charge is 2.16. The number of halogens is 1. The molecule has 3 rings (SSSR count). The lowest BCUT2D eigenvalue weighted by Crippen LogP contribution is -2.30. The highest BCUT2D eigenvalue weighted by atomic mass is 35.5. The van der Waals surface area contributed by atoms with Crippen molar-refractivity contribution in [3.63, 3.8) is 0 Å². The maximum atomic E-state index is 12.4. The van der Waals surface area contributed by atoms with Crippen LogP contribution in [0.4, 0.5) is 0 Å². The fraction of sp³-hybridized carbons (Fsp3) is 0.105. The van der Waals surface area contributed by atoms with E-state index in [0.717, 1.165) is 16.3 Å². The van der Waals surface area contributed by atoms with Crippen LogP contribution in [0.3, 0.4) is 0 Å². The molecule has 26 heavy (non-hydrogen) atoms. The van der Waals surface area contributed by atoms with Crippen LogP contribution < -0.4 is 4.72 Å². The molecular formula is C19H16ClNO4S. The van der Waals surface area contributed by atoms with Crippen molar-refractivity contribution in [3.05, 3.63) is 77.3 Å². The molecule has 0 aliphatic rings. The number of esters is 1. The number of ether oxygens (including phenoxy) is 1. The number of carbonyl (C=O) groups is 1. The zero-order chi connectivity index (χ0) is 18.6. The van der Waals surface area contributed by atoms with Gasteiger partial charge in [-0.3, -0.25) is 4.79 Å². The number of fused-ring (bicyclic) bond motifs is 1. The Kier molecular flexibility index (Phi) is 5.56. The molecule has 3 aromatic rings. The smallest absolute Gasteiger partial charge is 0.321 e. The summed E-state index contributed by atoms with van der Waals surface area (Å²) in [6.07, 6.45) is 0. The molecule has 134 valence electrons. The van der Waals surface area contributed by atoms with Gasteiger partial charge in [-0.05, 0) is 40.6 Å². The lowest BCUT2D eigenvalue weighted by molar-refractivity contribution is -0.143. The van der Waals surface area contributed by atoms with Gasteiger partial charge in [-0.25, -0.2) is 8.42 Å². The highest BCUT2D eigenvalue weighted by Crippen LogP contribution is 2.18. The second-order valence-corrected chi connectivity index (χ2v) is 7.82. The fourth-order valence-electron chi connectivity index (χ4n) is 2.37. The zero-order valence-electron chi connectivity index (χ0n) is 13.7. The Morgan fingerprint density at radius 2 is 1.65 bits per heavy atom. The Labute approximate surface area is 156 Å². The van der Waals surface area contributed by atoms with E-state index in [0.29, 0.717) is 5.02 Å². The van der Waals surface area contributed by atoms with Crippen LogP contribution >= 0.6 is 11.6 Å². The molecule has 0 bridgehead atoms. The first-order valence-corrected chi connectivity index (χ1v) is 9.69. The van der Waals surface area contributed by atoms with Gasteiger partial charge in [0.1, 0.15) is 13.2 Å². The molecule has 0 unspecified atom stereocenters. The van der Waals surface area contributed by atoms with Gasteiger partial charge in [0.2, 0.25) is 10.0 Å². The molecule has 0 aliphatic carbocycles. The summed E-state index contributed by atoms with van der Waals surface area (Å²) in [6, 6.07) is 19.1. The third-order valence-corrected chi connectivity index (χ3v) is 5.40. The molecule has 7 heteroatoms. The van der Waals surface area contributed by atoms with E-state index < -0.39 is 22.5 Å². The minimum Gasteiger partial charge on any atom is -0.460 e. The molecule has 0 atom stereocenters. The molecule has 1 N–H and O–H groups in total. The number of carbonyl (C=O) groups excluding carboxylic acids is 1. The topological polar surface area (TPSA) is 72.5 Å². The van der Waals surface area contributed by atoms with Crippen molar-refractivity contribution in [1.29, 1.82) is 0 Å². The number of sulfonamides is 1. The standard InChI is InChI=1S/C19H16ClNO4S/c20-17-8-5-14(6-9-17)13-25-19(22)12-21-26(23,24)18-10-7-15-3-1-2-4-16(15)11-18/h1-11,21H,12-13H2. The third kappa shape index (κ3) is 4.60. The van der Waals surface area contributed by atoms with Crippen molar-refractivity contribution in [3.8, 4) is 0 Å². The maximum absolute atomic E-state index is 12.4. The second-order valence-electron chi connectivity index (χ2n) is 5.62. The van der Waals surface area contributed by atoms with Crippen molar-refractivity contribution < 1.29 is 17.9 Å². The summed E-state index contributed by atoms with van der Waals surface area (Å²) in [5.74, 6) is -0.663. The predicted octanol–water partition coefficient (Wildman–Crippen LogP) is 3.51. The molecule has 0 spiro atoms. The molecule has 0 radical (unpaired) electrons. The normalized spacial score (nSPS) is 11.4. The van der Waals surface area contributed by atoms with Gasteiger partial charge in [0.25, 0.3) is 0 Å². The summed E-state index contributed by atoms with van der Waals surface area (Å²) in [6.45, 7) is -0.392. The summed E-state index contributed by atoms with van der Waals surface area (Å²) >= 11 is 5.78. The predicted molar refractivity (Wildman–Crippen MR) is 100 cm³/mol. The van der Waals surface area contributed by atoms with E-state index >= 15 is 0 Å². The van der Waals surface area contributed by atoms with Crippen LogP contribution in [0.25, 0.3) is 10.8 Å². The Morgan fingerprint density at radius 3 is 2.38 bits per heavy atom. The third-order valence-electron chi connectivity index (χ3n) is 3.75. The summed E-state index contributed by atoms with van der Waals surface area (Å²) in [7, 11) is -3.80. The summed E-state index contributed by atoms with van der Waals surface area (Å²) in [5.41, 5.74) is 0.764. The number of benzene rings is 3. The second kappa shape index (κ2) is 7.86. The molecule has 0 saturated carbocycles. The van der Waals surface area contributed by atoms with Crippen LogP contribution in [0.15, 0.2) is 71.6 Å². The Hall–Kier alpha value is -2.41. The first-order valence-electron chi connectivity index (χ1n) is 7.82. The minimum absolute atomic E-state index is 0.0493. The average molecular weight is 390 g/mol. The van der Waals surface area contributed by atoms with Crippen molar-refractivity contribution in [1.82, 2.24) is 4.72 Å². The van der Waals surface area contributed by atoms with Crippen LogP contribution in [-0.2, 0) is 26.2 Å². The van der Waals surface area contributed by atoms with E-state index in [1.165, 1.54) is 6.07 Å². The van der Waals surface area contributed by atoms with Crippen molar-refractivity contribution in [2.45, 2.75) is 11.5 Å². The van der Waals surface area contributed by atoms with Crippen LogP contribution in [-0.4, -0.2) is 20.9 Å². The highest BCUT2D eigenvalue weighted by molar-refractivity contribution is 7.89. The molecule has 0 heterocycles. The van der Waals surface area contributed by atoms with E-state index in [-0.39, 0.29) is 11.5 Å². The van der Waals surface area contributed by atoms with Crippen LogP contribution in [0.1, 0.15) is 5.56 Å². The van der Waals surface area contributed by atoms with E-state index in [1.54, 1.807) is 36.4 Å². The van der Waals surface area contributed by atoms with Gasteiger partial charge < -0.3 is 4.74 Å². The summed E-state index contributed by atoms with van der Waals surface area (Å²) < 4.78 is 32.0.